The van der Waals surface area contributed by atoms with Crippen LogP contribution in [0.25, 0.3) is 0 Å². The Hall–Kier alpha value is -3.22. The van der Waals surface area contributed by atoms with E-state index in [1.54, 1.807) is 12.1 Å². The van der Waals surface area contributed by atoms with Crippen molar-refractivity contribution in [1.82, 2.24) is 10.3 Å². The maximum atomic E-state index is 12.0. The van der Waals surface area contributed by atoms with Crippen LogP contribution in [0.4, 0.5) is 5.69 Å². The second-order valence-electron chi connectivity index (χ2n) is 5.89. The summed E-state index contributed by atoms with van der Waals surface area (Å²) in [6.07, 6.45) is 1.45. The fraction of sp³-hybridized carbons (Fsp3) is 0.263. The van der Waals surface area contributed by atoms with Gasteiger partial charge in [0.15, 0.2) is 6.61 Å². The Kier molecular flexibility index (Phi) is 6.43. The number of aryl methyl sites for hydroxylation is 3. The number of nitrogens with one attached hydrogen (secondary N) is 2. The quantitative estimate of drug-likeness (QED) is 0.772. The van der Waals surface area contributed by atoms with Gasteiger partial charge >= 0.3 is 5.97 Å². The Morgan fingerprint density at radius 1 is 1.04 bits per heavy atom. The normalized spacial score (nSPS) is 10.1. The van der Waals surface area contributed by atoms with Gasteiger partial charge in [0.1, 0.15) is 5.69 Å². The lowest BCUT2D eigenvalue weighted by Gasteiger charge is -2.13. The number of carbonyl (C=O) groups excluding carboxylic acids is 3. The van der Waals surface area contributed by atoms with Crippen LogP contribution in [0.2, 0.25) is 0 Å². The van der Waals surface area contributed by atoms with Gasteiger partial charge in [0.25, 0.3) is 5.91 Å². The number of rotatable bonds is 6. The largest absolute Gasteiger partial charge is 0.451 e. The van der Waals surface area contributed by atoms with Gasteiger partial charge < -0.3 is 15.4 Å². The van der Waals surface area contributed by atoms with Crippen LogP contribution in [-0.2, 0) is 14.3 Å². The van der Waals surface area contributed by atoms with Crippen LogP contribution < -0.4 is 10.6 Å². The number of benzene rings is 1. The molecule has 7 nitrogen and oxygen atoms in total. The van der Waals surface area contributed by atoms with Gasteiger partial charge in [0, 0.05) is 11.9 Å². The lowest BCUT2D eigenvalue weighted by Crippen LogP contribution is -2.35. The number of hydrogen-bond donors (Lipinski definition) is 2. The summed E-state index contributed by atoms with van der Waals surface area (Å²) in [5.41, 5.74) is 3.86. The van der Waals surface area contributed by atoms with Gasteiger partial charge in [-0.3, -0.25) is 9.59 Å². The molecule has 2 rings (SSSR count). The number of pyridine rings is 1. The minimum atomic E-state index is -0.698. The molecule has 0 aliphatic carbocycles. The third-order valence-corrected chi connectivity index (χ3v) is 3.60. The molecule has 0 bridgehead atoms. The minimum Gasteiger partial charge on any atom is -0.451 e. The Morgan fingerprint density at radius 2 is 1.73 bits per heavy atom. The van der Waals surface area contributed by atoms with Crippen LogP contribution >= 0.6 is 0 Å². The molecule has 26 heavy (non-hydrogen) atoms. The Bertz CT molecular complexity index is 796. The molecule has 1 heterocycles. The monoisotopic (exact) mass is 355 g/mol. The highest BCUT2D eigenvalue weighted by atomic mass is 16.5. The van der Waals surface area contributed by atoms with E-state index in [2.05, 4.69) is 15.6 Å². The number of nitrogens with zero attached hydrogens (tertiary/aromatic N) is 1. The first kappa shape index (κ1) is 19.1. The molecular formula is C19H21N3O4. The van der Waals surface area contributed by atoms with E-state index in [-0.39, 0.29) is 18.1 Å². The molecule has 1 aromatic heterocycles. The standard InChI is InChI=1S/C19H21N3O4/c1-12-8-13(2)18(14(3)9-12)22-16(23)10-21-17(24)11-26-19(25)15-6-4-5-7-20-15/h4-9H,10-11H2,1-3H3,(H,21,24)(H,22,23). The molecule has 0 spiro atoms. The van der Waals surface area contributed by atoms with Crippen LogP contribution in [0.15, 0.2) is 36.5 Å². The molecule has 0 saturated carbocycles. The van der Waals surface area contributed by atoms with Crippen molar-refractivity contribution in [2.24, 2.45) is 0 Å². The highest BCUT2D eigenvalue weighted by Crippen LogP contribution is 2.21. The van der Waals surface area contributed by atoms with Gasteiger partial charge in [-0.25, -0.2) is 9.78 Å². The molecule has 0 aliphatic heterocycles. The predicted molar refractivity (Wildman–Crippen MR) is 96.8 cm³/mol. The molecule has 0 radical (unpaired) electrons. The van der Waals surface area contributed by atoms with Crippen molar-refractivity contribution >= 4 is 23.5 Å². The number of carbonyl (C=O) groups is 3. The Morgan fingerprint density at radius 3 is 2.35 bits per heavy atom. The molecule has 0 fully saturated rings. The number of aromatic nitrogens is 1. The summed E-state index contributed by atoms with van der Waals surface area (Å²) < 4.78 is 4.85. The van der Waals surface area contributed by atoms with E-state index in [9.17, 15) is 14.4 Å². The van der Waals surface area contributed by atoms with E-state index in [4.69, 9.17) is 4.74 Å². The molecule has 0 unspecified atom stereocenters. The maximum Gasteiger partial charge on any atom is 0.357 e. The van der Waals surface area contributed by atoms with Crippen LogP contribution in [0.1, 0.15) is 27.2 Å². The van der Waals surface area contributed by atoms with Crippen LogP contribution in [0.3, 0.4) is 0 Å². The van der Waals surface area contributed by atoms with Gasteiger partial charge in [0.05, 0.1) is 6.54 Å². The van der Waals surface area contributed by atoms with Crippen molar-refractivity contribution in [2.75, 3.05) is 18.5 Å². The molecule has 0 atom stereocenters. The van der Waals surface area contributed by atoms with Crippen molar-refractivity contribution in [3.8, 4) is 0 Å². The molecule has 0 saturated heterocycles. The summed E-state index contributed by atoms with van der Waals surface area (Å²) >= 11 is 0. The number of amides is 2. The zero-order chi connectivity index (χ0) is 19.1. The maximum absolute atomic E-state index is 12.0. The highest BCUT2D eigenvalue weighted by molar-refractivity contribution is 5.96. The summed E-state index contributed by atoms with van der Waals surface area (Å²) in [6, 6.07) is 8.74. The Labute approximate surface area is 151 Å². The minimum absolute atomic E-state index is 0.114. The first-order chi connectivity index (χ1) is 12.4. The summed E-state index contributed by atoms with van der Waals surface area (Å²) in [6.45, 7) is 5.10. The van der Waals surface area contributed by atoms with Crippen LogP contribution in [0.5, 0.6) is 0 Å². The number of esters is 1. The average molecular weight is 355 g/mol. The summed E-state index contributed by atoms with van der Waals surface area (Å²) in [4.78, 5) is 39.3. The van der Waals surface area contributed by atoms with Crippen molar-refractivity contribution in [2.45, 2.75) is 20.8 Å². The fourth-order valence-electron chi connectivity index (χ4n) is 2.48. The van der Waals surface area contributed by atoms with Gasteiger partial charge in [-0.05, 0) is 44.0 Å². The first-order valence-corrected chi connectivity index (χ1v) is 8.09. The molecule has 2 aromatic rings. The van der Waals surface area contributed by atoms with Crippen molar-refractivity contribution in [3.05, 3.63) is 58.9 Å². The van der Waals surface area contributed by atoms with E-state index >= 15 is 0 Å². The molecule has 2 amide bonds. The number of ether oxygens (including phenoxy) is 1. The lowest BCUT2D eigenvalue weighted by atomic mass is 10.1. The van der Waals surface area contributed by atoms with Crippen molar-refractivity contribution < 1.29 is 19.1 Å². The van der Waals surface area contributed by atoms with E-state index in [0.717, 1.165) is 22.4 Å². The second kappa shape index (κ2) is 8.75. The van der Waals surface area contributed by atoms with Crippen molar-refractivity contribution in [1.29, 1.82) is 0 Å². The topological polar surface area (TPSA) is 97.4 Å². The van der Waals surface area contributed by atoms with Gasteiger partial charge in [0.2, 0.25) is 5.91 Å². The Balaban J connectivity index is 1.79. The third-order valence-electron chi connectivity index (χ3n) is 3.60. The van der Waals surface area contributed by atoms with Gasteiger partial charge in [-0.15, -0.1) is 0 Å². The number of hydrogen-bond acceptors (Lipinski definition) is 5. The van der Waals surface area contributed by atoms with E-state index in [0.29, 0.717) is 0 Å². The molecular weight excluding hydrogens is 334 g/mol. The predicted octanol–water partition coefficient (Wildman–Crippen LogP) is 1.92. The highest BCUT2D eigenvalue weighted by Gasteiger charge is 2.13. The summed E-state index contributed by atoms with van der Waals surface area (Å²) in [5, 5.41) is 5.19. The zero-order valence-electron chi connectivity index (χ0n) is 15.0. The number of anilines is 1. The van der Waals surface area contributed by atoms with E-state index < -0.39 is 18.5 Å². The SMILES string of the molecule is Cc1cc(C)c(NC(=O)CNC(=O)COC(=O)c2ccccn2)c(C)c1. The van der Waals surface area contributed by atoms with Crippen molar-refractivity contribution in [3.63, 3.8) is 0 Å². The van der Waals surface area contributed by atoms with Gasteiger partial charge in [-0.2, -0.15) is 0 Å². The molecule has 0 aliphatic rings. The molecule has 7 heteroatoms. The van der Waals surface area contributed by atoms with Crippen LogP contribution in [0, 0.1) is 20.8 Å². The lowest BCUT2D eigenvalue weighted by molar-refractivity contribution is -0.126. The van der Waals surface area contributed by atoms with Crippen LogP contribution in [-0.4, -0.2) is 35.9 Å². The smallest absolute Gasteiger partial charge is 0.357 e. The van der Waals surface area contributed by atoms with Gasteiger partial charge in [-0.1, -0.05) is 23.8 Å². The van der Waals surface area contributed by atoms with E-state index in [1.165, 1.54) is 12.3 Å². The average Bonchev–Trinajstić information content (AvgIpc) is 2.61. The molecule has 136 valence electrons. The zero-order valence-corrected chi connectivity index (χ0v) is 15.0. The third kappa shape index (κ3) is 5.41. The molecule has 2 N–H and O–H groups in total. The molecule has 1 aromatic carbocycles. The summed E-state index contributed by atoms with van der Waals surface area (Å²) in [5.74, 6) is -1.62. The fourth-order valence-corrected chi connectivity index (χ4v) is 2.48. The second-order valence-corrected chi connectivity index (χ2v) is 5.89. The first-order valence-electron chi connectivity index (χ1n) is 8.09. The summed E-state index contributed by atoms with van der Waals surface area (Å²) in [7, 11) is 0. The van der Waals surface area contributed by atoms with E-state index in [1.807, 2.05) is 32.9 Å².